The standard InChI is InChI=1S/C19H28N2O3S/c1-3-5-6-7-8-9-17(22)21-19(25)20-16-12-10-15(11-13-16)18(23)24-14-4-2/h10-13H,3-9,14H2,1-2H3,(H2,20,21,22,25). The summed E-state index contributed by atoms with van der Waals surface area (Å²) in [4.78, 5) is 23.5. The van der Waals surface area contributed by atoms with Crippen LogP contribution >= 0.6 is 12.2 Å². The molecule has 0 radical (unpaired) electrons. The molecule has 2 N–H and O–H groups in total. The van der Waals surface area contributed by atoms with E-state index in [4.69, 9.17) is 17.0 Å². The molecule has 0 aliphatic carbocycles. The first kappa shape index (κ1) is 21.1. The Labute approximate surface area is 155 Å². The Morgan fingerprint density at radius 2 is 1.68 bits per heavy atom. The predicted octanol–water partition coefficient (Wildman–Crippen LogP) is 4.43. The number of carbonyl (C=O) groups is 2. The third-order valence-corrected chi connectivity index (χ3v) is 3.78. The second-order valence-electron chi connectivity index (χ2n) is 5.88. The molecule has 0 saturated heterocycles. The molecule has 0 aliphatic heterocycles. The van der Waals surface area contributed by atoms with Crippen molar-refractivity contribution in [3.63, 3.8) is 0 Å². The molecule has 0 bridgehead atoms. The van der Waals surface area contributed by atoms with Gasteiger partial charge in [-0.15, -0.1) is 0 Å². The van der Waals surface area contributed by atoms with E-state index in [-0.39, 0.29) is 17.0 Å². The maximum Gasteiger partial charge on any atom is 0.338 e. The second-order valence-corrected chi connectivity index (χ2v) is 6.29. The smallest absolute Gasteiger partial charge is 0.338 e. The van der Waals surface area contributed by atoms with Crippen LogP contribution < -0.4 is 10.6 Å². The van der Waals surface area contributed by atoms with Gasteiger partial charge in [0.2, 0.25) is 5.91 Å². The number of esters is 1. The molecule has 1 amide bonds. The van der Waals surface area contributed by atoms with Crippen LogP contribution in [0.15, 0.2) is 24.3 Å². The summed E-state index contributed by atoms with van der Waals surface area (Å²) in [7, 11) is 0. The van der Waals surface area contributed by atoms with Gasteiger partial charge in [-0.05, 0) is 49.3 Å². The van der Waals surface area contributed by atoms with E-state index in [1.54, 1.807) is 24.3 Å². The van der Waals surface area contributed by atoms with E-state index in [9.17, 15) is 9.59 Å². The van der Waals surface area contributed by atoms with E-state index < -0.39 is 0 Å². The first-order chi connectivity index (χ1) is 12.1. The summed E-state index contributed by atoms with van der Waals surface area (Å²) in [5.41, 5.74) is 1.20. The lowest BCUT2D eigenvalue weighted by Crippen LogP contribution is -2.33. The van der Waals surface area contributed by atoms with E-state index in [2.05, 4.69) is 17.6 Å². The van der Waals surface area contributed by atoms with Crippen LogP contribution in [0.4, 0.5) is 5.69 Å². The summed E-state index contributed by atoms with van der Waals surface area (Å²) in [6, 6.07) is 6.79. The van der Waals surface area contributed by atoms with Gasteiger partial charge in [0.1, 0.15) is 0 Å². The van der Waals surface area contributed by atoms with Crippen LogP contribution in [0, 0.1) is 0 Å². The van der Waals surface area contributed by atoms with Gasteiger partial charge in [-0.25, -0.2) is 4.79 Å². The van der Waals surface area contributed by atoms with Crippen molar-refractivity contribution in [3.8, 4) is 0 Å². The summed E-state index contributed by atoms with van der Waals surface area (Å²) in [5.74, 6) is -0.416. The SMILES string of the molecule is CCCCCCCC(=O)NC(=S)Nc1ccc(C(=O)OCCC)cc1. The molecule has 0 spiro atoms. The molecule has 1 rings (SSSR count). The van der Waals surface area contributed by atoms with E-state index in [0.29, 0.717) is 24.3 Å². The third-order valence-electron chi connectivity index (χ3n) is 3.58. The zero-order valence-corrected chi connectivity index (χ0v) is 15.9. The summed E-state index contributed by atoms with van der Waals surface area (Å²) in [6.07, 6.45) is 6.78. The van der Waals surface area contributed by atoms with Crippen LogP contribution in [0.5, 0.6) is 0 Å². The number of nitrogens with one attached hydrogen (secondary N) is 2. The molecule has 6 heteroatoms. The van der Waals surface area contributed by atoms with Crippen molar-refractivity contribution in [1.29, 1.82) is 0 Å². The molecule has 1 aromatic rings. The van der Waals surface area contributed by atoms with Crippen molar-refractivity contribution in [1.82, 2.24) is 5.32 Å². The van der Waals surface area contributed by atoms with Gasteiger partial charge in [-0.3, -0.25) is 4.79 Å². The Morgan fingerprint density at radius 1 is 1.00 bits per heavy atom. The van der Waals surface area contributed by atoms with Crippen molar-refractivity contribution in [2.24, 2.45) is 0 Å². The molecular formula is C19H28N2O3S. The van der Waals surface area contributed by atoms with Crippen molar-refractivity contribution in [2.75, 3.05) is 11.9 Å². The second kappa shape index (κ2) is 12.4. The molecule has 0 saturated carbocycles. The number of benzene rings is 1. The van der Waals surface area contributed by atoms with Gasteiger partial charge in [-0.1, -0.05) is 39.5 Å². The topological polar surface area (TPSA) is 67.4 Å². The molecule has 0 aliphatic rings. The van der Waals surface area contributed by atoms with Gasteiger partial charge in [-0.2, -0.15) is 0 Å². The first-order valence-electron chi connectivity index (χ1n) is 8.94. The monoisotopic (exact) mass is 364 g/mol. The maximum atomic E-state index is 11.8. The van der Waals surface area contributed by atoms with E-state index >= 15 is 0 Å². The first-order valence-corrected chi connectivity index (χ1v) is 9.35. The molecule has 0 fully saturated rings. The minimum absolute atomic E-state index is 0.0752. The summed E-state index contributed by atoms with van der Waals surface area (Å²) in [5, 5.41) is 5.88. The fourth-order valence-corrected chi connectivity index (χ4v) is 2.44. The summed E-state index contributed by atoms with van der Waals surface area (Å²) in [6.45, 7) is 4.52. The number of thiocarbonyl (C=S) groups is 1. The normalized spacial score (nSPS) is 10.2. The van der Waals surface area contributed by atoms with Crippen molar-refractivity contribution < 1.29 is 14.3 Å². The average Bonchev–Trinajstić information content (AvgIpc) is 2.60. The number of hydrogen-bond acceptors (Lipinski definition) is 4. The average molecular weight is 365 g/mol. The number of unbranched alkanes of at least 4 members (excludes halogenated alkanes) is 4. The van der Waals surface area contributed by atoms with Gasteiger partial charge in [0.05, 0.1) is 12.2 Å². The maximum absolute atomic E-state index is 11.8. The minimum Gasteiger partial charge on any atom is -0.462 e. The van der Waals surface area contributed by atoms with Gasteiger partial charge in [0, 0.05) is 12.1 Å². The molecule has 0 aromatic heterocycles. The van der Waals surface area contributed by atoms with Crippen molar-refractivity contribution >= 4 is 34.9 Å². The molecule has 25 heavy (non-hydrogen) atoms. The van der Waals surface area contributed by atoms with E-state index in [0.717, 1.165) is 19.3 Å². The molecule has 1 aromatic carbocycles. The zero-order chi connectivity index (χ0) is 18.5. The van der Waals surface area contributed by atoms with Gasteiger partial charge in [0.25, 0.3) is 0 Å². The van der Waals surface area contributed by atoms with Crippen molar-refractivity contribution in [2.45, 2.75) is 58.8 Å². The minimum atomic E-state index is -0.340. The predicted molar refractivity (Wildman–Crippen MR) is 105 cm³/mol. The van der Waals surface area contributed by atoms with Gasteiger partial charge < -0.3 is 15.4 Å². The van der Waals surface area contributed by atoms with Crippen LogP contribution in [0.2, 0.25) is 0 Å². The lowest BCUT2D eigenvalue weighted by Gasteiger charge is -2.10. The van der Waals surface area contributed by atoms with E-state index in [1.165, 1.54) is 19.3 Å². The number of ether oxygens (including phenoxy) is 1. The number of carbonyl (C=O) groups excluding carboxylic acids is 2. The lowest BCUT2D eigenvalue weighted by molar-refractivity contribution is -0.119. The Hall–Kier alpha value is -1.95. The Bertz CT molecular complexity index is 558. The fourth-order valence-electron chi connectivity index (χ4n) is 2.21. The van der Waals surface area contributed by atoms with Crippen molar-refractivity contribution in [3.05, 3.63) is 29.8 Å². The largest absolute Gasteiger partial charge is 0.462 e. The Balaban J connectivity index is 2.34. The molecule has 0 unspecified atom stereocenters. The molecule has 0 heterocycles. The molecular weight excluding hydrogens is 336 g/mol. The highest BCUT2D eigenvalue weighted by Crippen LogP contribution is 2.11. The number of rotatable bonds is 10. The summed E-state index contributed by atoms with van der Waals surface area (Å²) >= 11 is 5.14. The quantitative estimate of drug-likeness (QED) is 0.365. The Morgan fingerprint density at radius 3 is 2.32 bits per heavy atom. The number of amides is 1. The van der Waals surface area contributed by atoms with Crippen LogP contribution in [-0.2, 0) is 9.53 Å². The highest BCUT2D eigenvalue weighted by Gasteiger charge is 2.08. The Kier molecular flexibility index (Phi) is 10.5. The fraction of sp³-hybridized carbons (Fsp3) is 0.526. The van der Waals surface area contributed by atoms with Crippen LogP contribution in [0.3, 0.4) is 0 Å². The highest BCUT2D eigenvalue weighted by atomic mass is 32.1. The number of anilines is 1. The lowest BCUT2D eigenvalue weighted by atomic mass is 10.1. The zero-order valence-electron chi connectivity index (χ0n) is 15.1. The van der Waals surface area contributed by atoms with E-state index in [1.807, 2.05) is 6.92 Å². The third kappa shape index (κ3) is 9.19. The highest BCUT2D eigenvalue weighted by molar-refractivity contribution is 7.80. The van der Waals surface area contributed by atoms with Gasteiger partial charge in [0.15, 0.2) is 5.11 Å². The van der Waals surface area contributed by atoms with Gasteiger partial charge >= 0.3 is 5.97 Å². The molecule has 5 nitrogen and oxygen atoms in total. The molecule has 0 atom stereocenters. The van der Waals surface area contributed by atoms with Crippen LogP contribution in [0.1, 0.15) is 69.2 Å². The molecule has 138 valence electrons. The summed E-state index contributed by atoms with van der Waals surface area (Å²) < 4.78 is 5.07. The van der Waals surface area contributed by atoms with Crippen LogP contribution in [-0.4, -0.2) is 23.6 Å². The van der Waals surface area contributed by atoms with Crippen LogP contribution in [0.25, 0.3) is 0 Å². The number of hydrogen-bond donors (Lipinski definition) is 2.